The summed E-state index contributed by atoms with van der Waals surface area (Å²) in [5, 5.41) is 11.5. The van der Waals surface area contributed by atoms with Crippen molar-refractivity contribution >= 4 is 11.8 Å². The van der Waals surface area contributed by atoms with Crippen molar-refractivity contribution in [1.82, 2.24) is 5.32 Å². The molecule has 1 aliphatic carbocycles. The Morgan fingerprint density at radius 2 is 1.83 bits per heavy atom. The molecule has 1 aromatic rings. The number of amides is 1. The number of hydrogen-bond acceptors (Lipinski definition) is 4. The highest BCUT2D eigenvalue weighted by Crippen LogP contribution is 2.18. The monoisotopic (exact) mass is 250 g/mol. The van der Waals surface area contributed by atoms with Gasteiger partial charge in [-0.25, -0.2) is 4.79 Å². The summed E-state index contributed by atoms with van der Waals surface area (Å²) >= 11 is 0. The first-order valence-corrected chi connectivity index (χ1v) is 6.26. The zero-order chi connectivity index (χ0) is 12.8. The molecule has 1 aliphatic rings. The first-order chi connectivity index (χ1) is 8.78. The summed E-state index contributed by atoms with van der Waals surface area (Å²) in [5.74, 6) is 0.460. The van der Waals surface area contributed by atoms with Crippen molar-refractivity contribution in [2.45, 2.75) is 38.1 Å². The van der Waals surface area contributed by atoms with Gasteiger partial charge in [-0.1, -0.05) is 19.3 Å². The molecule has 3 N–H and O–H groups in total. The van der Waals surface area contributed by atoms with Gasteiger partial charge in [0.25, 0.3) is 0 Å². The van der Waals surface area contributed by atoms with Gasteiger partial charge in [0.05, 0.1) is 5.69 Å². The Bertz CT molecular complexity index is 386. The zero-order valence-electron chi connectivity index (χ0n) is 10.2. The molecule has 0 unspecified atom stereocenters. The Balaban J connectivity index is 1.82. The van der Waals surface area contributed by atoms with E-state index in [4.69, 9.17) is 9.94 Å². The van der Waals surface area contributed by atoms with Crippen LogP contribution >= 0.6 is 0 Å². The molecule has 1 amide bonds. The van der Waals surface area contributed by atoms with E-state index in [1.54, 1.807) is 24.3 Å². The Kier molecular flexibility index (Phi) is 4.41. The summed E-state index contributed by atoms with van der Waals surface area (Å²) in [6, 6.07) is 6.74. The Hall–Kier alpha value is -1.75. The Labute approximate surface area is 106 Å². The van der Waals surface area contributed by atoms with Crippen LogP contribution in [0.2, 0.25) is 0 Å². The molecule has 0 bridgehead atoms. The van der Waals surface area contributed by atoms with E-state index in [1.807, 2.05) is 5.48 Å². The number of carbonyl (C=O) groups is 1. The van der Waals surface area contributed by atoms with Gasteiger partial charge in [-0.3, -0.25) is 10.7 Å². The number of benzene rings is 1. The fourth-order valence-corrected chi connectivity index (χ4v) is 2.15. The fraction of sp³-hybridized carbons (Fsp3) is 0.462. The summed E-state index contributed by atoms with van der Waals surface area (Å²) in [4.78, 5) is 11.6. The van der Waals surface area contributed by atoms with E-state index >= 15 is 0 Å². The predicted octanol–water partition coefficient (Wildman–Crippen LogP) is 2.91. The van der Waals surface area contributed by atoms with Crippen LogP contribution in [-0.4, -0.2) is 17.3 Å². The highest BCUT2D eigenvalue weighted by molar-refractivity contribution is 5.70. The third-order valence-electron chi connectivity index (χ3n) is 3.12. The molecule has 0 radical (unpaired) electrons. The van der Waals surface area contributed by atoms with Crippen molar-refractivity contribution in [2.24, 2.45) is 0 Å². The van der Waals surface area contributed by atoms with E-state index in [0.717, 1.165) is 12.8 Å². The van der Waals surface area contributed by atoms with Crippen LogP contribution < -0.4 is 15.5 Å². The van der Waals surface area contributed by atoms with Gasteiger partial charge in [0.15, 0.2) is 0 Å². The predicted molar refractivity (Wildman–Crippen MR) is 67.9 cm³/mol. The standard InChI is InChI=1S/C13H18N2O3/c16-13(14-10-4-2-1-3-5-10)18-12-8-6-11(15-17)7-9-12/h6-10,15,17H,1-5H2,(H,14,16). The lowest BCUT2D eigenvalue weighted by molar-refractivity contribution is 0.192. The second-order valence-electron chi connectivity index (χ2n) is 4.50. The lowest BCUT2D eigenvalue weighted by Gasteiger charge is -2.22. The molecule has 0 spiro atoms. The molecule has 1 aromatic carbocycles. The van der Waals surface area contributed by atoms with Crippen molar-refractivity contribution < 1.29 is 14.7 Å². The molecule has 0 aliphatic heterocycles. The summed E-state index contributed by atoms with van der Waals surface area (Å²) in [5.41, 5.74) is 2.57. The summed E-state index contributed by atoms with van der Waals surface area (Å²) in [7, 11) is 0. The normalized spacial score (nSPS) is 16.1. The molecule has 0 saturated heterocycles. The van der Waals surface area contributed by atoms with Gasteiger partial charge in [-0.2, -0.15) is 0 Å². The molecule has 1 fully saturated rings. The molecule has 0 heterocycles. The van der Waals surface area contributed by atoms with Crippen LogP contribution in [0.4, 0.5) is 10.5 Å². The maximum absolute atomic E-state index is 11.6. The van der Waals surface area contributed by atoms with Gasteiger partial charge in [0.1, 0.15) is 5.75 Å². The smallest absolute Gasteiger partial charge is 0.410 e. The zero-order valence-corrected chi connectivity index (χ0v) is 10.2. The average Bonchev–Trinajstić information content (AvgIpc) is 2.40. The van der Waals surface area contributed by atoms with Crippen LogP contribution in [0.3, 0.4) is 0 Å². The largest absolute Gasteiger partial charge is 0.412 e. The van der Waals surface area contributed by atoms with Crippen LogP contribution in [0.15, 0.2) is 24.3 Å². The number of nitrogens with one attached hydrogen (secondary N) is 2. The quantitative estimate of drug-likeness (QED) is 0.721. The molecule has 0 atom stereocenters. The fourth-order valence-electron chi connectivity index (χ4n) is 2.15. The summed E-state index contributed by atoms with van der Waals surface area (Å²) in [6.45, 7) is 0. The third-order valence-corrected chi connectivity index (χ3v) is 3.12. The number of carbonyl (C=O) groups excluding carboxylic acids is 1. The lowest BCUT2D eigenvalue weighted by Crippen LogP contribution is -2.37. The molecule has 98 valence electrons. The molecular weight excluding hydrogens is 232 g/mol. The van der Waals surface area contributed by atoms with E-state index in [2.05, 4.69) is 5.32 Å². The summed E-state index contributed by atoms with van der Waals surface area (Å²) in [6.07, 6.45) is 5.24. The second kappa shape index (κ2) is 6.26. The van der Waals surface area contributed by atoms with E-state index < -0.39 is 6.09 Å². The molecule has 18 heavy (non-hydrogen) atoms. The maximum atomic E-state index is 11.6. The van der Waals surface area contributed by atoms with Crippen molar-refractivity contribution in [3.8, 4) is 5.75 Å². The highest BCUT2D eigenvalue weighted by Gasteiger charge is 2.16. The van der Waals surface area contributed by atoms with Gasteiger partial charge in [-0.15, -0.1) is 0 Å². The Morgan fingerprint density at radius 3 is 2.44 bits per heavy atom. The number of ether oxygens (including phenoxy) is 1. The lowest BCUT2D eigenvalue weighted by atomic mass is 9.96. The van der Waals surface area contributed by atoms with Gasteiger partial charge < -0.3 is 10.1 Å². The van der Waals surface area contributed by atoms with Crippen molar-refractivity contribution in [3.05, 3.63) is 24.3 Å². The van der Waals surface area contributed by atoms with Gasteiger partial charge >= 0.3 is 6.09 Å². The molecule has 5 heteroatoms. The average molecular weight is 250 g/mol. The minimum Gasteiger partial charge on any atom is -0.410 e. The second-order valence-corrected chi connectivity index (χ2v) is 4.50. The SMILES string of the molecule is O=C(NC1CCCCC1)Oc1ccc(NO)cc1. The van der Waals surface area contributed by atoms with Crippen LogP contribution in [0.25, 0.3) is 0 Å². The molecular formula is C13H18N2O3. The van der Waals surface area contributed by atoms with E-state index in [0.29, 0.717) is 11.4 Å². The van der Waals surface area contributed by atoms with Crippen LogP contribution in [-0.2, 0) is 0 Å². The topological polar surface area (TPSA) is 70.6 Å². The van der Waals surface area contributed by atoms with E-state index in [-0.39, 0.29) is 6.04 Å². The number of rotatable bonds is 3. The minimum absolute atomic E-state index is 0.240. The first kappa shape index (κ1) is 12.7. The molecule has 0 aromatic heterocycles. The van der Waals surface area contributed by atoms with Crippen LogP contribution in [0, 0.1) is 0 Å². The summed E-state index contributed by atoms with van der Waals surface area (Å²) < 4.78 is 5.16. The van der Waals surface area contributed by atoms with Crippen molar-refractivity contribution in [3.63, 3.8) is 0 Å². The third kappa shape index (κ3) is 3.63. The van der Waals surface area contributed by atoms with Gasteiger partial charge in [0, 0.05) is 6.04 Å². The first-order valence-electron chi connectivity index (χ1n) is 6.26. The minimum atomic E-state index is -0.411. The van der Waals surface area contributed by atoms with E-state index in [9.17, 15) is 4.79 Å². The maximum Gasteiger partial charge on any atom is 0.412 e. The Morgan fingerprint density at radius 1 is 1.17 bits per heavy atom. The van der Waals surface area contributed by atoms with Gasteiger partial charge in [0.2, 0.25) is 0 Å². The van der Waals surface area contributed by atoms with Crippen LogP contribution in [0.5, 0.6) is 5.75 Å². The molecule has 5 nitrogen and oxygen atoms in total. The van der Waals surface area contributed by atoms with Crippen LogP contribution in [0.1, 0.15) is 32.1 Å². The molecule has 2 rings (SSSR count). The number of anilines is 1. The molecule has 1 saturated carbocycles. The van der Waals surface area contributed by atoms with E-state index in [1.165, 1.54) is 19.3 Å². The van der Waals surface area contributed by atoms with Crippen molar-refractivity contribution in [2.75, 3.05) is 5.48 Å². The number of hydrogen-bond donors (Lipinski definition) is 3. The highest BCUT2D eigenvalue weighted by atomic mass is 16.6. The van der Waals surface area contributed by atoms with Gasteiger partial charge in [-0.05, 0) is 37.1 Å². The van der Waals surface area contributed by atoms with Crippen molar-refractivity contribution in [1.29, 1.82) is 0 Å².